The number of nitrogen functional groups attached to an aromatic ring is 1. The molecule has 106 valence electrons. The van der Waals surface area contributed by atoms with Crippen LogP contribution in [0.25, 0.3) is 10.9 Å². The fourth-order valence-electron chi connectivity index (χ4n) is 2.28. The molecule has 0 spiro atoms. The highest BCUT2D eigenvalue weighted by molar-refractivity contribution is 6.08. The Balaban J connectivity index is 2.48. The minimum atomic E-state index is 0.0274. The second kappa shape index (κ2) is 5.90. The van der Waals surface area contributed by atoms with Gasteiger partial charge in [-0.2, -0.15) is 0 Å². The van der Waals surface area contributed by atoms with Crippen molar-refractivity contribution in [3.63, 3.8) is 0 Å². The zero-order valence-electron chi connectivity index (χ0n) is 12.3. The van der Waals surface area contributed by atoms with Crippen LogP contribution in [0.15, 0.2) is 24.3 Å². The van der Waals surface area contributed by atoms with Crippen LogP contribution in [0.1, 0.15) is 35.8 Å². The Hall–Kier alpha value is -2.10. The van der Waals surface area contributed by atoms with Crippen LogP contribution < -0.4 is 5.73 Å². The van der Waals surface area contributed by atoms with Gasteiger partial charge in [-0.15, -0.1) is 0 Å². The van der Waals surface area contributed by atoms with Gasteiger partial charge in [-0.05, 0) is 25.5 Å². The van der Waals surface area contributed by atoms with Gasteiger partial charge in [-0.1, -0.05) is 25.5 Å². The number of nitrogens with two attached hydrogens (primary N) is 1. The van der Waals surface area contributed by atoms with E-state index >= 15 is 0 Å². The van der Waals surface area contributed by atoms with E-state index in [2.05, 4.69) is 11.9 Å². The van der Waals surface area contributed by atoms with Gasteiger partial charge < -0.3 is 10.6 Å². The number of carbonyl (C=O) groups excluding carboxylic acids is 1. The van der Waals surface area contributed by atoms with E-state index in [1.807, 2.05) is 38.2 Å². The van der Waals surface area contributed by atoms with Gasteiger partial charge in [0.25, 0.3) is 5.91 Å². The molecule has 0 unspecified atom stereocenters. The van der Waals surface area contributed by atoms with Crippen molar-refractivity contribution in [2.75, 3.05) is 19.3 Å². The summed E-state index contributed by atoms with van der Waals surface area (Å²) in [4.78, 5) is 18.8. The summed E-state index contributed by atoms with van der Waals surface area (Å²) in [5.41, 5.74) is 8.77. The molecule has 0 bridgehead atoms. The lowest BCUT2D eigenvalue weighted by Crippen LogP contribution is -2.28. The Kier molecular flexibility index (Phi) is 4.23. The Morgan fingerprint density at radius 3 is 2.85 bits per heavy atom. The van der Waals surface area contributed by atoms with E-state index in [1.165, 1.54) is 0 Å². The molecule has 0 fully saturated rings. The van der Waals surface area contributed by atoms with Crippen LogP contribution in [0.5, 0.6) is 0 Å². The van der Waals surface area contributed by atoms with Crippen molar-refractivity contribution in [2.45, 2.75) is 26.7 Å². The van der Waals surface area contributed by atoms with Gasteiger partial charge in [0, 0.05) is 24.7 Å². The molecule has 1 aromatic carbocycles. The third-order valence-electron chi connectivity index (χ3n) is 3.42. The van der Waals surface area contributed by atoms with E-state index in [9.17, 15) is 4.79 Å². The smallest absolute Gasteiger partial charge is 0.254 e. The molecule has 2 N–H and O–H groups in total. The topological polar surface area (TPSA) is 59.2 Å². The molecule has 20 heavy (non-hydrogen) atoms. The Morgan fingerprint density at radius 1 is 1.40 bits per heavy atom. The number of amides is 1. The zero-order chi connectivity index (χ0) is 14.7. The van der Waals surface area contributed by atoms with Crippen molar-refractivity contribution in [1.29, 1.82) is 0 Å². The van der Waals surface area contributed by atoms with Gasteiger partial charge in [-0.25, -0.2) is 0 Å². The number of hydrogen-bond donors (Lipinski definition) is 1. The molecule has 1 aromatic heterocycles. The van der Waals surface area contributed by atoms with Crippen molar-refractivity contribution < 1.29 is 4.79 Å². The Labute approximate surface area is 119 Å². The van der Waals surface area contributed by atoms with Crippen molar-refractivity contribution in [1.82, 2.24) is 9.88 Å². The molecule has 1 heterocycles. The number of fused-ring (bicyclic) bond motifs is 1. The van der Waals surface area contributed by atoms with E-state index in [4.69, 9.17) is 5.73 Å². The predicted molar refractivity (Wildman–Crippen MR) is 82.8 cm³/mol. The van der Waals surface area contributed by atoms with Gasteiger partial charge in [0.15, 0.2) is 0 Å². The quantitative estimate of drug-likeness (QED) is 0.870. The number of aromatic nitrogens is 1. The molecule has 0 saturated carbocycles. The average Bonchev–Trinajstić information content (AvgIpc) is 2.44. The minimum absolute atomic E-state index is 0.0274. The Morgan fingerprint density at radius 2 is 2.15 bits per heavy atom. The largest absolute Gasteiger partial charge is 0.397 e. The van der Waals surface area contributed by atoms with Crippen LogP contribution in [0.3, 0.4) is 0 Å². The lowest BCUT2D eigenvalue weighted by molar-refractivity contribution is 0.0795. The van der Waals surface area contributed by atoms with Gasteiger partial charge in [0.1, 0.15) is 0 Å². The van der Waals surface area contributed by atoms with Crippen LogP contribution in [0.2, 0.25) is 0 Å². The molecular formula is C16H21N3O. The molecule has 2 rings (SSSR count). The molecular weight excluding hydrogens is 250 g/mol. The number of pyridine rings is 1. The number of aryl methyl sites for hydroxylation is 1. The van der Waals surface area contributed by atoms with Crippen LogP contribution >= 0.6 is 0 Å². The van der Waals surface area contributed by atoms with E-state index in [0.717, 1.165) is 30.5 Å². The van der Waals surface area contributed by atoms with E-state index in [1.54, 1.807) is 4.90 Å². The van der Waals surface area contributed by atoms with E-state index < -0.39 is 0 Å². The molecule has 0 radical (unpaired) electrons. The van der Waals surface area contributed by atoms with Gasteiger partial charge in [-0.3, -0.25) is 9.78 Å². The number of para-hydroxylation sites is 1. The molecule has 0 aliphatic carbocycles. The maximum atomic E-state index is 12.6. The highest BCUT2D eigenvalue weighted by atomic mass is 16.2. The molecule has 0 saturated heterocycles. The second-order valence-corrected chi connectivity index (χ2v) is 5.13. The summed E-state index contributed by atoms with van der Waals surface area (Å²) in [5, 5.41) is 0.823. The van der Waals surface area contributed by atoms with Crippen molar-refractivity contribution >= 4 is 22.5 Å². The van der Waals surface area contributed by atoms with Crippen LogP contribution in [0.4, 0.5) is 5.69 Å². The number of unbranched alkanes of at least 4 members (excludes halogenated alkanes) is 1. The molecule has 2 aromatic rings. The van der Waals surface area contributed by atoms with Crippen molar-refractivity contribution in [2.24, 2.45) is 0 Å². The van der Waals surface area contributed by atoms with Crippen LogP contribution in [0, 0.1) is 6.92 Å². The molecule has 4 heteroatoms. The monoisotopic (exact) mass is 271 g/mol. The summed E-state index contributed by atoms with van der Waals surface area (Å²) in [6.45, 7) is 4.76. The fraction of sp³-hybridized carbons (Fsp3) is 0.375. The van der Waals surface area contributed by atoms with Gasteiger partial charge in [0.05, 0.1) is 16.8 Å². The highest BCUT2D eigenvalue weighted by Gasteiger charge is 2.16. The van der Waals surface area contributed by atoms with Crippen LogP contribution in [-0.2, 0) is 0 Å². The molecule has 0 aliphatic rings. The first-order valence-electron chi connectivity index (χ1n) is 6.96. The first kappa shape index (κ1) is 14.3. The van der Waals surface area contributed by atoms with Crippen LogP contribution in [-0.4, -0.2) is 29.4 Å². The maximum absolute atomic E-state index is 12.6. The first-order chi connectivity index (χ1) is 9.54. The number of rotatable bonds is 4. The third-order valence-corrected chi connectivity index (χ3v) is 3.42. The summed E-state index contributed by atoms with van der Waals surface area (Å²) in [5.74, 6) is 0.0274. The minimum Gasteiger partial charge on any atom is -0.397 e. The molecule has 0 aliphatic heterocycles. The Bertz CT molecular complexity index is 637. The average molecular weight is 271 g/mol. The zero-order valence-corrected chi connectivity index (χ0v) is 12.3. The predicted octanol–water partition coefficient (Wildman–Crippen LogP) is 3.00. The summed E-state index contributed by atoms with van der Waals surface area (Å²) in [6, 6.07) is 7.41. The summed E-state index contributed by atoms with van der Waals surface area (Å²) >= 11 is 0. The first-order valence-corrected chi connectivity index (χ1v) is 6.96. The van der Waals surface area contributed by atoms with E-state index in [-0.39, 0.29) is 5.91 Å². The fourth-order valence-corrected chi connectivity index (χ4v) is 2.28. The standard InChI is InChI=1S/C16H21N3O/c1-4-5-9-19(3)16(20)13-10-11(2)18-15-12(13)7-6-8-14(15)17/h6-8,10H,4-5,9,17H2,1-3H3. The molecule has 1 amide bonds. The normalized spacial score (nSPS) is 10.8. The molecule has 0 atom stereocenters. The molecule has 4 nitrogen and oxygen atoms in total. The number of nitrogens with zero attached hydrogens (tertiary/aromatic N) is 2. The lowest BCUT2D eigenvalue weighted by Gasteiger charge is -2.18. The second-order valence-electron chi connectivity index (χ2n) is 5.13. The SMILES string of the molecule is CCCCN(C)C(=O)c1cc(C)nc2c(N)cccc12. The number of benzene rings is 1. The van der Waals surface area contributed by atoms with E-state index in [0.29, 0.717) is 16.8 Å². The van der Waals surface area contributed by atoms with Gasteiger partial charge in [0.2, 0.25) is 0 Å². The van der Waals surface area contributed by atoms with Crippen molar-refractivity contribution in [3.05, 3.63) is 35.5 Å². The van der Waals surface area contributed by atoms with Gasteiger partial charge >= 0.3 is 0 Å². The lowest BCUT2D eigenvalue weighted by atomic mass is 10.1. The summed E-state index contributed by atoms with van der Waals surface area (Å²) in [6.07, 6.45) is 2.08. The number of anilines is 1. The number of carbonyl (C=O) groups is 1. The third kappa shape index (κ3) is 2.74. The van der Waals surface area contributed by atoms with Crippen molar-refractivity contribution in [3.8, 4) is 0 Å². The highest BCUT2D eigenvalue weighted by Crippen LogP contribution is 2.24. The number of hydrogen-bond acceptors (Lipinski definition) is 3. The summed E-state index contributed by atoms with van der Waals surface area (Å²) in [7, 11) is 1.84. The maximum Gasteiger partial charge on any atom is 0.254 e. The summed E-state index contributed by atoms with van der Waals surface area (Å²) < 4.78 is 0.